The average molecular weight is 498 g/mol. The highest BCUT2D eigenvalue weighted by Gasteiger charge is 2.19. The van der Waals surface area contributed by atoms with Gasteiger partial charge in [0, 0.05) is 23.1 Å². The molecule has 0 saturated carbocycles. The number of thioether (sulfide) groups is 1. The van der Waals surface area contributed by atoms with Crippen molar-refractivity contribution in [2.75, 3.05) is 11.1 Å². The molecule has 0 bridgehead atoms. The lowest BCUT2D eigenvalue weighted by Crippen LogP contribution is -2.15. The van der Waals surface area contributed by atoms with Gasteiger partial charge in [0.25, 0.3) is 0 Å². The van der Waals surface area contributed by atoms with Crippen LogP contribution >= 0.6 is 11.8 Å². The first-order chi connectivity index (χ1) is 17.5. The van der Waals surface area contributed by atoms with Crippen LogP contribution in [0, 0.1) is 13.8 Å². The molecule has 3 heterocycles. The smallest absolute Gasteiger partial charge is 0.315 e. The standard InChI is InChI=1S/C26H23N7O2S/c1-4-13-33-24(30-31-26(33)36-15-23(34)29-25-27-17(3)32-35-25)20-14-22(18-11-9-16(2)10-12-18)28-21-8-6-5-7-19(20)21/h4-12,14H,1,13,15H2,2-3H3,(H,27,29,32,34). The van der Waals surface area contributed by atoms with Crippen LogP contribution in [0.5, 0.6) is 0 Å². The van der Waals surface area contributed by atoms with Crippen LogP contribution in [-0.2, 0) is 11.3 Å². The number of nitrogens with one attached hydrogen (secondary N) is 1. The van der Waals surface area contributed by atoms with Crippen LogP contribution < -0.4 is 5.32 Å². The molecule has 0 fully saturated rings. The van der Waals surface area contributed by atoms with Crippen LogP contribution in [0.4, 0.5) is 6.01 Å². The molecule has 36 heavy (non-hydrogen) atoms. The van der Waals surface area contributed by atoms with E-state index in [2.05, 4.69) is 63.4 Å². The van der Waals surface area contributed by atoms with Gasteiger partial charge in [0.2, 0.25) is 5.91 Å². The third-order valence-corrected chi connectivity index (χ3v) is 6.41. The van der Waals surface area contributed by atoms with E-state index in [1.165, 1.54) is 17.3 Å². The van der Waals surface area contributed by atoms with Gasteiger partial charge in [0.1, 0.15) is 0 Å². The number of para-hydroxylation sites is 1. The highest BCUT2D eigenvalue weighted by molar-refractivity contribution is 7.99. The lowest BCUT2D eigenvalue weighted by Gasteiger charge is -2.12. The predicted molar refractivity (Wildman–Crippen MR) is 140 cm³/mol. The van der Waals surface area contributed by atoms with Crippen LogP contribution in [0.1, 0.15) is 11.4 Å². The third-order valence-electron chi connectivity index (χ3n) is 5.44. The van der Waals surface area contributed by atoms with Crippen molar-refractivity contribution in [3.63, 3.8) is 0 Å². The Morgan fingerprint density at radius 3 is 2.67 bits per heavy atom. The van der Waals surface area contributed by atoms with E-state index in [-0.39, 0.29) is 17.7 Å². The van der Waals surface area contributed by atoms with Gasteiger partial charge in [-0.3, -0.25) is 14.7 Å². The maximum absolute atomic E-state index is 12.4. The monoisotopic (exact) mass is 497 g/mol. The molecule has 9 nitrogen and oxygen atoms in total. The van der Waals surface area contributed by atoms with E-state index in [1.807, 2.05) is 34.9 Å². The summed E-state index contributed by atoms with van der Waals surface area (Å²) in [4.78, 5) is 21.3. The summed E-state index contributed by atoms with van der Waals surface area (Å²) in [6, 6.07) is 18.3. The Labute approximate surface area is 211 Å². The second kappa shape index (κ2) is 10.1. The summed E-state index contributed by atoms with van der Waals surface area (Å²) < 4.78 is 6.90. The SMILES string of the molecule is C=CCn1c(SCC(=O)Nc2nc(C)no2)nnc1-c1cc(-c2ccc(C)cc2)nc2ccccc12. The number of fused-ring (bicyclic) bond motifs is 1. The zero-order valence-electron chi connectivity index (χ0n) is 19.8. The summed E-state index contributed by atoms with van der Waals surface area (Å²) in [5, 5.41) is 16.7. The molecule has 0 aliphatic rings. The first-order valence-corrected chi connectivity index (χ1v) is 12.2. The second-order valence-corrected chi connectivity index (χ2v) is 9.07. The molecule has 1 amide bonds. The summed E-state index contributed by atoms with van der Waals surface area (Å²) in [5.41, 5.74) is 4.82. The Bertz CT molecular complexity index is 1560. The molecular formula is C26H23N7O2S. The zero-order chi connectivity index (χ0) is 25.1. The fourth-order valence-corrected chi connectivity index (χ4v) is 4.50. The summed E-state index contributed by atoms with van der Waals surface area (Å²) in [6.45, 7) is 8.11. The van der Waals surface area contributed by atoms with Gasteiger partial charge in [0.15, 0.2) is 16.8 Å². The van der Waals surface area contributed by atoms with Crippen LogP contribution in [0.3, 0.4) is 0 Å². The van der Waals surface area contributed by atoms with Crippen molar-refractivity contribution in [3.05, 3.63) is 78.6 Å². The van der Waals surface area contributed by atoms with Crippen molar-refractivity contribution in [2.24, 2.45) is 0 Å². The number of aryl methyl sites for hydroxylation is 2. The van der Waals surface area contributed by atoms with Crippen LogP contribution in [0.2, 0.25) is 0 Å². The van der Waals surface area contributed by atoms with Crippen LogP contribution in [0.15, 0.2) is 76.9 Å². The van der Waals surface area contributed by atoms with E-state index in [4.69, 9.17) is 9.51 Å². The Balaban J connectivity index is 1.50. The van der Waals surface area contributed by atoms with Crippen molar-refractivity contribution in [1.29, 1.82) is 0 Å². The molecule has 0 unspecified atom stereocenters. The van der Waals surface area contributed by atoms with Crippen molar-refractivity contribution in [2.45, 2.75) is 25.5 Å². The van der Waals surface area contributed by atoms with Crippen molar-refractivity contribution < 1.29 is 9.32 Å². The number of aromatic nitrogens is 6. The van der Waals surface area contributed by atoms with Crippen LogP contribution in [-0.4, -0.2) is 41.5 Å². The number of nitrogens with zero attached hydrogens (tertiary/aromatic N) is 6. The number of amides is 1. The van der Waals surface area contributed by atoms with E-state index in [9.17, 15) is 4.79 Å². The Morgan fingerprint density at radius 2 is 1.92 bits per heavy atom. The molecule has 0 spiro atoms. The molecule has 3 aromatic heterocycles. The van der Waals surface area contributed by atoms with Crippen molar-refractivity contribution in [3.8, 4) is 22.6 Å². The minimum absolute atomic E-state index is 0.0678. The number of rotatable bonds is 8. The lowest BCUT2D eigenvalue weighted by atomic mass is 10.0. The highest BCUT2D eigenvalue weighted by atomic mass is 32.2. The fraction of sp³-hybridized carbons (Fsp3) is 0.154. The minimum atomic E-state index is -0.283. The highest BCUT2D eigenvalue weighted by Crippen LogP contribution is 2.33. The number of anilines is 1. The number of carbonyl (C=O) groups is 1. The Kier molecular flexibility index (Phi) is 6.59. The Morgan fingerprint density at radius 1 is 1.11 bits per heavy atom. The molecule has 10 heteroatoms. The molecule has 0 atom stereocenters. The topological polar surface area (TPSA) is 112 Å². The molecule has 0 radical (unpaired) electrons. The molecule has 5 aromatic rings. The zero-order valence-corrected chi connectivity index (χ0v) is 20.6. The van der Waals surface area contributed by atoms with Crippen LogP contribution in [0.25, 0.3) is 33.5 Å². The summed E-state index contributed by atoms with van der Waals surface area (Å²) in [6.07, 6.45) is 1.78. The molecule has 180 valence electrons. The molecule has 2 aromatic carbocycles. The molecular weight excluding hydrogens is 474 g/mol. The van der Waals surface area contributed by atoms with Gasteiger partial charge < -0.3 is 4.52 Å². The lowest BCUT2D eigenvalue weighted by molar-refractivity contribution is -0.114. The molecule has 0 aliphatic carbocycles. The van der Waals surface area contributed by atoms with Gasteiger partial charge >= 0.3 is 6.01 Å². The van der Waals surface area contributed by atoms with Gasteiger partial charge in [-0.25, -0.2) is 4.98 Å². The first kappa shape index (κ1) is 23.4. The predicted octanol–water partition coefficient (Wildman–Crippen LogP) is 5.08. The number of hydrogen-bond acceptors (Lipinski definition) is 8. The summed E-state index contributed by atoms with van der Waals surface area (Å²) in [7, 11) is 0. The minimum Gasteiger partial charge on any atom is -0.315 e. The van der Waals surface area contributed by atoms with E-state index >= 15 is 0 Å². The van der Waals surface area contributed by atoms with Crippen molar-refractivity contribution >= 4 is 34.6 Å². The van der Waals surface area contributed by atoms with Gasteiger partial charge in [-0.15, -0.1) is 16.8 Å². The molecule has 0 aliphatic heterocycles. The second-order valence-electron chi connectivity index (χ2n) is 8.13. The number of benzene rings is 2. The first-order valence-electron chi connectivity index (χ1n) is 11.3. The quantitative estimate of drug-likeness (QED) is 0.233. The van der Waals surface area contributed by atoms with E-state index < -0.39 is 0 Å². The maximum Gasteiger partial charge on any atom is 0.328 e. The van der Waals surface area contributed by atoms with E-state index in [0.29, 0.717) is 23.4 Å². The normalized spacial score (nSPS) is 11.1. The van der Waals surface area contributed by atoms with E-state index in [1.54, 1.807) is 13.0 Å². The van der Waals surface area contributed by atoms with Crippen molar-refractivity contribution in [1.82, 2.24) is 29.9 Å². The number of hydrogen-bond donors (Lipinski definition) is 1. The molecule has 1 N–H and O–H groups in total. The number of carbonyl (C=O) groups excluding carboxylic acids is 1. The third kappa shape index (κ3) is 4.89. The number of pyridine rings is 1. The number of allylic oxidation sites excluding steroid dienone is 1. The maximum atomic E-state index is 12.4. The van der Waals surface area contributed by atoms with Gasteiger partial charge in [-0.1, -0.05) is 71.0 Å². The fourth-order valence-electron chi connectivity index (χ4n) is 3.75. The van der Waals surface area contributed by atoms with Gasteiger partial charge in [-0.05, 0) is 26.0 Å². The Hall–Kier alpha value is -4.31. The largest absolute Gasteiger partial charge is 0.328 e. The summed E-state index contributed by atoms with van der Waals surface area (Å²) in [5.74, 6) is 0.942. The molecule has 5 rings (SSSR count). The average Bonchev–Trinajstić information content (AvgIpc) is 3.48. The molecule has 0 saturated heterocycles. The van der Waals surface area contributed by atoms with Gasteiger partial charge in [-0.2, -0.15) is 4.98 Å². The summed E-state index contributed by atoms with van der Waals surface area (Å²) >= 11 is 1.27. The van der Waals surface area contributed by atoms with Gasteiger partial charge in [0.05, 0.1) is 17.0 Å². The van der Waals surface area contributed by atoms with E-state index in [0.717, 1.165) is 27.7 Å².